The third kappa shape index (κ3) is 4.77. The lowest BCUT2D eigenvalue weighted by Gasteiger charge is -2.12. The first-order valence-corrected chi connectivity index (χ1v) is 4.04. The molecule has 0 aromatic carbocycles. The van der Waals surface area contributed by atoms with Crippen LogP contribution in [0.1, 0.15) is 33.1 Å². The molecule has 0 aromatic rings. The molecule has 1 radical (unpaired) electrons. The predicted octanol–water partition coefficient (Wildman–Crippen LogP) is 2.01. The van der Waals surface area contributed by atoms with Crippen LogP contribution in [0.2, 0.25) is 0 Å². The van der Waals surface area contributed by atoms with Crippen molar-refractivity contribution in [1.82, 2.24) is 0 Å². The molecule has 0 fully saturated rings. The quantitative estimate of drug-likeness (QED) is 0.562. The van der Waals surface area contributed by atoms with Gasteiger partial charge in [0, 0.05) is 13.0 Å². The summed E-state index contributed by atoms with van der Waals surface area (Å²) in [6.07, 6.45) is 2.87. The summed E-state index contributed by atoms with van der Waals surface area (Å²) in [4.78, 5) is 0. The van der Waals surface area contributed by atoms with Gasteiger partial charge in [0.15, 0.2) is 0 Å². The van der Waals surface area contributed by atoms with E-state index in [0.29, 0.717) is 6.42 Å². The number of hydrogen-bond donors (Lipinski definition) is 0. The zero-order valence-electron chi connectivity index (χ0n) is 6.93. The molecule has 2 heteroatoms. The topological polar surface area (TPSA) is 29.1 Å². The summed E-state index contributed by atoms with van der Waals surface area (Å²) in [6.45, 7) is 4.90. The Kier molecular flexibility index (Phi) is 6.98. The predicted molar refractivity (Wildman–Crippen MR) is 40.5 cm³/mol. The fourth-order valence-corrected chi connectivity index (χ4v) is 0.821. The Labute approximate surface area is 63.2 Å². The molecule has 0 aliphatic carbocycles. The second kappa shape index (κ2) is 7.03. The summed E-state index contributed by atoms with van der Waals surface area (Å²) in [7, 11) is 0. The molecule has 2 nitrogen and oxygen atoms in total. The molecule has 0 heterocycles. The Hall–Kier alpha value is -0.0800. The van der Waals surface area contributed by atoms with E-state index >= 15 is 0 Å². The van der Waals surface area contributed by atoms with Crippen molar-refractivity contribution < 1.29 is 9.84 Å². The van der Waals surface area contributed by atoms with E-state index in [2.05, 4.69) is 13.8 Å². The van der Waals surface area contributed by atoms with Crippen LogP contribution in [-0.2, 0) is 9.84 Å². The van der Waals surface area contributed by atoms with Crippen LogP contribution < -0.4 is 0 Å². The van der Waals surface area contributed by atoms with Gasteiger partial charge in [0.25, 0.3) is 0 Å². The minimum Gasteiger partial charge on any atom is -0.378 e. The maximum absolute atomic E-state index is 10.2. The molecule has 0 aliphatic rings. The molecular weight excluding hydrogens is 128 g/mol. The second-order valence-corrected chi connectivity index (χ2v) is 2.39. The van der Waals surface area contributed by atoms with Crippen LogP contribution in [0.3, 0.4) is 0 Å². The summed E-state index contributed by atoms with van der Waals surface area (Å²) < 4.78 is 5.38. The fraction of sp³-hybridized carbons (Fsp3) is 1.00. The van der Waals surface area contributed by atoms with Crippen LogP contribution in [-0.4, -0.2) is 19.3 Å². The van der Waals surface area contributed by atoms with Gasteiger partial charge < -0.3 is 4.74 Å². The average molecular weight is 145 g/mol. The zero-order valence-corrected chi connectivity index (χ0v) is 6.93. The molecule has 0 rings (SSSR count). The first kappa shape index (κ1) is 9.92. The maximum atomic E-state index is 10.2. The summed E-state index contributed by atoms with van der Waals surface area (Å²) in [5.74, 6) is 0. The van der Waals surface area contributed by atoms with Crippen molar-refractivity contribution in [1.29, 1.82) is 0 Å². The largest absolute Gasteiger partial charge is 0.378 e. The van der Waals surface area contributed by atoms with Gasteiger partial charge in [-0.15, -0.1) is 0 Å². The molecule has 0 aromatic heterocycles. The van der Waals surface area contributed by atoms with Crippen molar-refractivity contribution in [2.45, 2.75) is 39.2 Å². The molecule has 61 valence electrons. The molecule has 1 unspecified atom stereocenters. The number of rotatable bonds is 6. The summed E-state index contributed by atoms with van der Waals surface area (Å²) in [5.41, 5.74) is 0. The minimum absolute atomic E-state index is 0.0117. The van der Waals surface area contributed by atoms with Crippen LogP contribution in [0.5, 0.6) is 0 Å². The Bertz CT molecular complexity index is 64.3. The van der Waals surface area contributed by atoms with E-state index in [4.69, 9.17) is 4.74 Å². The van der Waals surface area contributed by atoms with E-state index < -0.39 is 0 Å². The average Bonchev–Trinajstić information content (AvgIpc) is 1.98. The van der Waals surface area contributed by atoms with E-state index in [9.17, 15) is 5.11 Å². The molecule has 0 saturated carbocycles. The van der Waals surface area contributed by atoms with Gasteiger partial charge in [-0.3, -0.25) is 0 Å². The SMILES string of the molecule is CCCOC(CC)CC[O]. The Morgan fingerprint density at radius 1 is 1.40 bits per heavy atom. The normalized spacial score (nSPS) is 13.5. The third-order valence-electron chi connectivity index (χ3n) is 1.45. The van der Waals surface area contributed by atoms with Gasteiger partial charge in [-0.05, 0) is 12.8 Å². The Morgan fingerprint density at radius 3 is 2.50 bits per heavy atom. The molecular formula is C8H17O2. The summed E-state index contributed by atoms with van der Waals surface area (Å²) >= 11 is 0. The van der Waals surface area contributed by atoms with Crippen molar-refractivity contribution in [3.05, 3.63) is 0 Å². The van der Waals surface area contributed by atoms with Crippen molar-refractivity contribution >= 4 is 0 Å². The highest BCUT2D eigenvalue weighted by atomic mass is 16.5. The summed E-state index contributed by atoms with van der Waals surface area (Å²) in [5, 5.41) is 10.2. The van der Waals surface area contributed by atoms with E-state index in [1.54, 1.807) is 0 Å². The standard InChI is InChI=1S/C8H17O2/c1-3-7-10-8(4-2)5-6-9/h8H,3-7H2,1-2H3. The monoisotopic (exact) mass is 145 g/mol. The van der Waals surface area contributed by atoms with Crippen LogP contribution in [0.4, 0.5) is 0 Å². The van der Waals surface area contributed by atoms with E-state index in [1.165, 1.54) is 0 Å². The maximum Gasteiger partial charge on any atom is 0.0847 e. The van der Waals surface area contributed by atoms with Gasteiger partial charge in [-0.2, -0.15) is 0 Å². The van der Waals surface area contributed by atoms with Crippen LogP contribution in [0.15, 0.2) is 0 Å². The van der Waals surface area contributed by atoms with Crippen molar-refractivity contribution in [2.24, 2.45) is 0 Å². The van der Waals surface area contributed by atoms with Gasteiger partial charge in [0.2, 0.25) is 0 Å². The highest BCUT2D eigenvalue weighted by Gasteiger charge is 2.03. The highest BCUT2D eigenvalue weighted by Crippen LogP contribution is 2.02. The Balaban J connectivity index is 3.21. The van der Waals surface area contributed by atoms with E-state index in [0.717, 1.165) is 19.4 Å². The number of ether oxygens (including phenoxy) is 1. The molecule has 0 amide bonds. The first-order chi connectivity index (χ1) is 4.85. The van der Waals surface area contributed by atoms with Crippen molar-refractivity contribution in [3.63, 3.8) is 0 Å². The number of hydrogen-bond acceptors (Lipinski definition) is 1. The van der Waals surface area contributed by atoms with Gasteiger partial charge in [-0.1, -0.05) is 13.8 Å². The van der Waals surface area contributed by atoms with Gasteiger partial charge in [0.1, 0.15) is 0 Å². The van der Waals surface area contributed by atoms with Gasteiger partial charge >= 0.3 is 0 Å². The third-order valence-corrected chi connectivity index (χ3v) is 1.45. The van der Waals surface area contributed by atoms with Crippen LogP contribution in [0.25, 0.3) is 0 Å². The smallest absolute Gasteiger partial charge is 0.0847 e. The Morgan fingerprint density at radius 2 is 2.10 bits per heavy atom. The van der Waals surface area contributed by atoms with E-state index in [-0.39, 0.29) is 12.7 Å². The van der Waals surface area contributed by atoms with Crippen LogP contribution >= 0.6 is 0 Å². The first-order valence-electron chi connectivity index (χ1n) is 4.04. The van der Waals surface area contributed by atoms with Crippen molar-refractivity contribution in [2.75, 3.05) is 13.2 Å². The fourth-order valence-electron chi connectivity index (χ4n) is 0.821. The lowest BCUT2D eigenvalue weighted by Crippen LogP contribution is -2.13. The minimum atomic E-state index is -0.0117. The molecule has 0 N–H and O–H groups in total. The molecule has 0 bridgehead atoms. The molecule has 1 atom stereocenters. The highest BCUT2D eigenvalue weighted by molar-refractivity contribution is 4.53. The second-order valence-electron chi connectivity index (χ2n) is 2.39. The molecule has 0 saturated heterocycles. The molecule has 0 aliphatic heterocycles. The van der Waals surface area contributed by atoms with E-state index in [1.807, 2.05) is 0 Å². The van der Waals surface area contributed by atoms with Crippen molar-refractivity contribution in [3.8, 4) is 0 Å². The lowest BCUT2D eigenvalue weighted by molar-refractivity contribution is 0.0248. The van der Waals surface area contributed by atoms with Gasteiger partial charge in [-0.25, -0.2) is 5.11 Å². The molecule has 0 spiro atoms. The van der Waals surface area contributed by atoms with Gasteiger partial charge in [0.05, 0.1) is 12.7 Å². The lowest BCUT2D eigenvalue weighted by atomic mass is 10.2. The molecule has 10 heavy (non-hydrogen) atoms. The zero-order chi connectivity index (χ0) is 7.82. The van der Waals surface area contributed by atoms with Crippen LogP contribution in [0, 0.1) is 0 Å². The summed E-state index contributed by atoms with van der Waals surface area (Å²) in [6, 6.07) is 0.